The predicted octanol–water partition coefficient (Wildman–Crippen LogP) is 3.90. The van der Waals surface area contributed by atoms with Gasteiger partial charge in [-0.3, -0.25) is 15.1 Å². The summed E-state index contributed by atoms with van der Waals surface area (Å²) in [5.74, 6) is 2.39. The third-order valence-electron chi connectivity index (χ3n) is 7.65. The lowest BCUT2D eigenvalue weighted by Gasteiger charge is -2.35. The summed E-state index contributed by atoms with van der Waals surface area (Å²) < 4.78 is 0. The maximum Gasteiger partial charge on any atom is 0.159 e. The van der Waals surface area contributed by atoms with Crippen LogP contribution in [0.25, 0.3) is 33.5 Å². The number of pyridine rings is 1. The number of imidazole rings is 1. The zero-order valence-corrected chi connectivity index (χ0v) is 21.1. The monoisotopic (exact) mass is 493 g/mol. The highest BCUT2D eigenvalue weighted by atomic mass is 15.3. The lowest BCUT2D eigenvalue weighted by atomic mass is 10.0. The molecule has 2 fully saturated rings. The van der Waals surface area contributed by atoms with E-state index in [9.17, 15) is 0 Å². The summed E-state index contributed by atoms with van der Waals surface area (Å²) in [5, 5.41) is 12.3. The molecule has 0 atom stereocenters. The van der Waals surface area contributed by atoms with Gasteiger partial charge in [0, 0.05) is 67.7 Å². The van der Waals surface area contributed by atoms with Gasteiger partial charge < -0.3 is 20.1 Å². The Morgan fingerprint density at radius 2 is 1.92 bits per heavy atom. The molecule has 5 heterocycles. The van der Waals surface area contributed by atoms with Gasteiger partial charge in [-0.05, 0) is 49.6 Å². The van der Waals surface area contributed by atoms with Gasteiger partial charge in [-0.1, -0.05) is 12.6 Å². The van der Waals surface area contributed by atoms with E-state index in [1.807, 2.05) is 12.4 Å². The molecule has 0 bridgehead atoms. The van der Waals surface area contributed by atoms with Crippen molar-refractivity contribution in [3.8, 4) is 22.6 Å². The Morgan fingerprint density at radius 3 is 2.76 bits per heavy atom. The molecule has 0 spiro atoms. The van der Waals surface area contributed by atoms with Crippen molar-refractivity contribution in [1.29, 1.82) is 0 Å². The number of piperazine rings is 1. The van der Waals surface area contributed by atoms with E-state index in [2.05, 4.69) is 73.2 Å². The predicted molar refractivity (Wildman–Crippen MR) is 147 cm³/mol. The van der Waals surface area contributed by atoms with Crippen LogP contribution in [0, 0.1) is 5.92 Å². The van der Waals surface area contributed by atoms with Crippen LogP contribution in [0.1, 0.15) is 24.2 Å². The number of allylic oxidation sites excluding steroid dienone is 1. The van der Waals surface area contributed by atoms with E-state index in [0.717, 1.165) is 101 Å². The van der Waals surface area contributed by atoms with Crippen molar-refractivity contribution in [3.05, 3.63) is 60.3 Å². The largest absolute Gasteiger partial charge is 0.358 e. The van der Waals surface area contributed by atoms with Gasteiger partial charge in [0.1, 0.15) is 11.4 Å². The van der Waals surface area contributed by atoms with Crippen LogP contribution in [-0.2, 0) is 6.42 Å². The first-order valence-electron chi connectivity index (χ1n) is 13.1. The van der Waals surface area contributed by atoms with Gasteiger partial charge in [0.2, 0.25) is 0 Å². The highest BCUT2D eigenvalue weighted by molar-refractivity contribution is 6.00. The van der Waals surface area contributed by atoms with Crippen molar-refractivity contribution in [2.45, 2.75) is 19.3 Å². The smallest absolute Gasteiger partial charge is 0.159 e. The molecule has 188 valence electrons. The molecule has 37 heavy (non-hydrogen) atoms. The van der Waals surface area contributed by atoms with Gasteiger partial charge in [-0.2, -0.15) is 5.10 Å². The molecule has 3 aliphatic rings. The van der Waals surface area contributed by atoms with Gasteiger partial charge in [0.25, 0.3) is 0 Å². The number of aromatic nitrogens is 5. The zero-order valence-electron chi connectivity index (χ0n) is 21.1. The fourth-order valence-electron chi connectivity index (χ4n) is 5.26. The minimum Gasteiger partial charge on any atom is -0.358 e. The van der Waals surface area contributed by atoms with Crippen LogP contribution in [0.3, 0.4) is 0 Å². The number of rotatable bonds is 5. The van der Waals surface area contributed by atoms with Crippen molar-refractivity contribution in [3.63, 3.8) is 0 Å². The van der Waals surface area contributed by atoms with Crippen molar-refractivity contribution >= 4 is 22.4 Å². The zero-order chi connectivity index (χ0) is 24.9. The number of hydrogen-bond donors (Lipinski definition) is 3. The van der Waals surface area contributed by atoms with Crippen LogP contribution in [0.2, 0.25) is 0 Å². The molecule has 7 rings (SSSR count). The van der Waals surface area contributed by atoms with Crippen molar-refractivity contribution in [2.75, 3.05) is 45.1 Å². The second-order valence-corrected chi connectivity index (χ2v) is 10.4. The molecule has 0 amide bonds. The summed E-state index contributed by atoms with van der Waals surface area (Å²) in [5.41, 5.74) is 8.09. The first kappa shape index (κ1) is 22.2. The first-order valence-corrected chi connectivity index (χ1v) is 13.1. The summed E-state index contributed by atoms with van der Waals surface area (Å²) >= 11 is 0. The molecule has 9 nitrogen and oxygen atoms in total. The number of likely N-dealkylation sites (N-methyl/N-ethyl adjacent to an activating group) is 1. The average Bonchev–Trinajstić information content (AvgIpc) is 3.55. The third-order valence-corrected chi connectivity index (χ3v) is 7.65. The maximum absolute atomic E-state index is 5.03. The highest BCUT2D eigenvalue weighted by Gasteiger charge is 2.27. The fourth-order valence-corrected chi connectivity index (χ4v) is 5.26. The number of benzene rings is 1. The van der Waals surface area contributed by atoms with Gasteiger partial charge in [-0.25, -0.2) is 4.98 Å². The van der Waals surface area contributed by atoms with E-state index in [-0.39, 0.29) is 0 Å². The SMILES string of the molecule is C=C(Nc1cncc(-c2ccc3[nH]nc(-c4nc5c([nH]4)CCN=C5N4CCN(C)CC4)c3c2)c1)C1CC1. The number of fused-ring (bicyclic) bond motifs is 2. The topological polar surface area (TPSA) is 101 Å². The van der Waals surface area contributed by atoms with E-state index in [1.165, 1.54) is 12.8 Å². The van der Waals surface area contributed by atoms with E-state index >= 15 is 0 Å². The van der Waals surface area contributed by atoms with Gasteiger partial charge in [-0.15, -0.1) is 0 Å². The quantitative estimate of drug-likeness (QED) is 0.390. The molecule has 0 radical (unpaired) electrons. The minimum atomic E-state index is 0.592. The van der Waals surface area contributed by atoms with Crippen LogP contribution in [0.4, 0.5) is 5.69 Å². The summed E-state index contributed by atoms with van der Waals surface area (Å²) in [6.45, 7) is 9.00. The summed E-state index contributed by atoms with van der Waals surface area (Å²) in [4.78, 5) is 22.7. The molecule has 2 aliphatic heterocycles. The molecule has 9 heteroatoms. The van der Waals surface area contributed by atoms with Crippen molar-refractivity contribution in [1.82, 2.24) is 34.9 Å². The molecule has 1 saturated carbocycles. The van der Waals surface area contributed by atoms with Crippen LogP contribution in [0.5, 0.6) is 0 Å². The number of nitrogens with one attached hydrogen (secondary N) is 3. The molecule has 4 aromatic rings. The highest BCUT2D eigenvalue weighted by Crippen LogP contribution is 2.36. The van der Waals surface area contributed by atoms with Crippen molar-refractivity contribution in [2.24, 2.45) is 10.9 Å². The number of hydrogen-bond acceptors (Lipinski definition) is 7. The van der Waals surface area contributed by atoms with Crippen LogP contribution in [0.15, 0.2) is 53.9 Å². The summed E-state index contributed by atoms with van der Waals surface area (Å²) in [6, 6.07) is 8.48. The second kappa shape index (κ2) is 8.85. The maximum atomic E-state index is 5.03. The van der Waals surface area contributed by atoms with Gasteiger partial charge in [0.15, 0.2) is 11.7 Å². The van der Waals surface area contributed by atoms with Gasteiger partial charge >= 0.3 is 0 Å². The molecule has 3 N–H and O–H groups in total. The molecule has 3 aromatic heterocycles. The van der Waals surface area contributed by atoms with Crippen molar-refractivity contribution < 1.29 is 0 Å². The van der Waals surface area contributed by atoms with E-state index < -0.39 is 0 Å². The van der Waals surface area contributed by atoms with Crippen LogP contribution in [-0.4, -0.2) is 80.6 Å². The third kappa shape index (κ3) is 4.19. The Hall–Kier alpha value is -3.98. The number of amidine groups is 1. The summed E-state index contributed by atoms with van der Waals surface area (Å²) in [6.07, 6.45) is 7.06. The Kier molecular flexibility index (Phi) is 5.32. The lowest BCUT2D eigenvalue weighted by molar-refractivity contribution is 0.215. The molecular formula is C28H31N9. The van der Waals surface area contributed by atoms with E-state index in [4.69, 9.17) is 9.98 Å². The molecule has 1 aromatic carbocycles. The Morgan fingerprint density at radius 1 is 1.05 bits per heavy atom. The number of anilines is 1. The second-order valence-electron chi connectivity index (χ2n) is 10.4. The minimum absolute atomic E-state index is 0.592. The fraction of sp³-hybridized carbons (Fsp3) is 0.357. The standard InChI is InChI=1S/C28H31N9/c1-17(18-3-4-18)31-21-13-20(15-29-16-21)19-5-6-23-22(14-19)25(35-34-23)27-32-24-7-8-30-28(26(24)33-27)37-11-9-36(2)10-12-37/h5-6,13-16,18,31H,1,3-4,7-12H2,2H3,(H,32,33)(H,34,35). The number of H-pyrrole nitrogens is 2. The Labute approximate surface area is 215 Å². The normalized spacial score (nSPS) is 18.1. The number of nitrogens with zero attached hydrogens (tertiary/aromatic N) is 6. The first-order chi connectivity index (χ1) is 18.1. The number of aliphatic imine (C=N–C) groups is 1. The van der Waals surface area contributed by atoms with Gasteiger partial charge in [0.05, 0.1) is 17.4 Å². The average molecular weight is 494 g/mol. The molecular weight excluding hydrogens is 462 g/mol. The Balaban J connectivity index is 1.21. The van der Waals surface area contributed by atoms with E-state index in [1.54, 1.807) is 0 Å². The van der Waals surface area contributed by atoms with Crippen LogP contribution >= 0.6 is 0 Å². The molecule has 1 saturated heterocycles. The molecule has 1 aliphatic carbocycles. The Bertz CT molecular complexity index is 1520. The summed E-state index contributed by atoms with van der Waals surface area (Å²) in [7, 11) is 2.17. The molecule has 0 unspecified atom stereocenters. The lowest BCUT2D eigenvalue weighted by Crippen LogP contribution is -2.48. The van der Waals surface area contributed by atoms with E-state index in [0.29, 0.717) is 5.92 Å². The van der Waals surface area contributed by atoms with Crippen LogP contribution < -0.4 is 5.32 Å². The number of aromatic amines is 2.